The molecule has 0 spiro atoms. The third-order valence-electron chi connectivity index (χ3n) is 0.991. The van der Waals surface area contributed by atoms with Gasteiger partial charge < -0.3 is 15.2 Å². The maximum atomic E-state index is 10.2. The molecular formula is C4H3N3O4. The molecule has 1 aromatic heterocycles. The molecule has 1 aromatic rings. The van der Waals surface area contributed by atoms with E-state index in [1.54, 1.807) is 0 Å². The number of nitro groups is 1. The van der Waals surface area contributed by atoms with E-state index in [9.17, 15) is 14.9 Å². The maximum Gasteiger partial charge on any atom is 0.481 e. The molecule has 58 valence electrons. The van der Waals surface area contributed by atoms with E-state index < -0.39 is 17.0 Å². The van der Waals surface area contributed by atoms with Crippen LogP contribution in [0.1, 0.15) is 0 Å². The Morgan fingerprint density at radius 2 is 2.45 bits per heavy atom. The third-order valence-corrected chi connectivity index (χ3v) is 0.991. The predicted molar refractivity (Wildman–Crippen MR) is 32.3 cm³/mol. The van der Waals surface area contributed by atoms with Gasteiger partial charge in [0.05, 0.1) is 0 Å². The summed E-state index contributed by atoms with van der Waals surface area (Å²) in [6.07, 6.45) is 0.626. The average Bonchev–Trinajstić information content (AvgIpc) is 2.32. The molecule has 0 amide bonds. The summed E-state index contributed by atoms with van der Waals surface area (Å²) in [5.41, 5.74) is 0. The first-order valence-electron chi connectivity index (χ1n) is 2.54. The van der Waals surface area contributed by atoms with Gasteiger partial charge in [-0.15, -0.1) is 4.57 Å². The summed E-state index contributed by atoms with van der Waals surface area (Å²) in [5, 5.41) is 18.4. The smallest absolute Gasteiger partial charge is 0.452 e. The molecular weight excluding hydrogens is 154 g/mol. The summed E-state index contributed by atoms with van der Waals surface area (Å²) in [7, 11) is 0. The molecule has 0 fully saturated rings. The lowest BCUT2D eigenvalue weighted by Crippen LogP contribution is -2.10. The van der Waals surface area contributed by atoms with E-state index in [-0.39, 0.29) is 0 Å². The maximum absolute atomic E-state index is 10.2. The van der Waals surface area contributed by atoms with E-state index in [0.29, 0.717) is 4.57 Å². The Labute approximate surface area is 60.0 Å². The van der Waals surface area contributed by atoms with E-state index in [0.717, 1.165) is 12.4 Å². The number of aromatic nitrogens is 2. The molecule has 0 saturated heterocycles. The van der Waals surface area contributed by atoms with Gasteiger partial charge in [0.25, 0.3) is 0 Å². The van der Waals surface area contributed by atoms with Crippen LogP contribution in [-0.2, 0) is 0 Å². The van der Waals surface area contributed by atoms with Gasteiger partial charge in [0.1, 0.15) is 12.4 Å². The molecule has 1 N–H and O–H groups in total. The molecule has 0 saturated carbocycles. The van der Waals surface area contributed by atoms with Crippen LogP contribution in [0.5, 0.6) is 0 Å². The van der Waals surface area contributed by atoms with Crippen molar-refractivity contribution < 1.29 is 14.8 Å². The van der Waals surface area contributed by atoms with Gasteiger partial charge in [-0.25, -0.2) is 4.79 Å². The number of imidazole rings is 1. The second-order valence-corrected chi connectivity index (χ2v) is 1.64. The van der Waals surface area contributed by atoms with Crippen LogP contribution in [0.3, 0.4) is 0 Å². The van der Waals surface area contributed by atoms with Crippen molar-refractivity contribution in [2.24, 2.45) is 0 Å². The van der Waals surface area contributed by atoms with Crippen molar-refractivity contribution in [1.29, 1.82) is 0 Å². The molecule has 1 heterocycles. The van der Waals surface area contributed by atoms with E-state index in [1.807, 2.05) is 0 Å². The van der Waals surface area contributed by atoms with Crippen LogP contribution in [0.15, 0.2) is 12.4 Å². The fourth-order valence-corrected chi connectivity index (χ4v) is 0.580. The number of nitrogens with zero attached hydrogens (tertiary/aromatic N) is 3. The number of hydrogen-bond donors (Lipinski definition) is 1. The standard InChI is InChI=1S/C4H3N3O4/c8-4(9)6-2-1-5-3(6)7(10)11/h1-2H,(H,8,9). The van der Waals surface area contributed by atoms with Crippen molar-refractivity contribution in [3.8, 4) is 0 Å². The van der Waals surface area contributed by atoms with E-state index in [4.69, 9.17) is 5.11 Å². The Morgan fingerprint density at radius 3 is 2.82 bits per heavy atom. The summed E-state index contributed by atoms with van der Waals surface area (Å²) >= 11 is 0. The minimum Gasteiger partial charge on any atom is -0.452 e. The molecule has 0 radical (unpaired) electrons. The van der Waals surface area contributed by atoms with Crippen molar-refractivity contribution in [3.05, 3.63) is 22.5 Å². The minimum atomic E-state index is -1.42. The van der Waals surface area contributed by atoms with Crippen molar-refractivity contribution in [2.75, 3.05) is 0 Å². The summed E-state index contributed by atoms with van der Waals surface area (Å²) in [4.78, 5) is 22.6. The lowest BCUT2D eigenvalue weighted by molar-refractivity contribution is -0.395. The predicted octanol–water partition coefficient (Wildman–Crippen LogP) is 0.317. The molecule has 7 heteroatoms. The minimum absolute atomic E-state index is 0.431. The number of carbonyl (C=O) groups is 1. The summed E-state index contributed by atoms with van der Waals surface area (Å²) in [6.45, 7) is 0. The van der Waals surface area contributed by atoms with Crippen molar-refractivity contribution in [1.82, 2.24) is 9.55 Å². The second-order valence-electron chi connectivity index (χ2n) is 1.64. The van der Waals surface area contributed by atoms with Gasteiger partial charge in [-0.2, -0.15) is 0 Å². The van der Waals surface area contributed by atoms with Gasteiger partial charge in [0.15, 0.2) is 0 Å². The highest BCUT2D eigenvalue weighted by atomic mass is 16.6. The Morgan fingerprint density at radius 1 is 1.82 bits per heavy atom. The molecule has 0 bridgehead atoms. The van der Waals surface area contributed by atoms with Crippen LogP contribution in [-0.4, -0.2) is 25.7 Å². The van der Waals surface area contributed by atoms with Crippen LogP contribution in [0.2, 0.25) is 0 Å². The van der Waals surface area contributed by atoms with E-state index in [2.05, 4.69) is 4.98 Å². The highest BCUT2D eigenvalue weighted by Gasteiger charge is 2.19. The van der Waals surface area contributed by atoms with Gasteiger partial charge >= 0.3 is 12.0 Å². The number of rotatable bonds is 1. The Hall–Kier alpha value is -1.92. The lowest BCUT2D eigenvalue weighted by atomic mass is 10.9. The van der Waals surface area contributed by atoms with Gasteiger partial charge in [-0.05, 0) is 4.92 Å². The number of hydrogen-bond acceptors (Lipinski definition) is 4. The molecule has 1 rings (SSSR count). The topological polar surface area (TPSA) is 98.3 Å². The van der Waals surface area contributed by atoms with Crippen LogP contribution in [0, 0.1) is 10.1 Å². The van der Waals surface area contributed by atoms with Crippen LogP contribution < -0.4 is 0 Å². The Bertz CT molecular complexity index is 276. The first-order valence-corrected chi connectivity index (χ1v) is 2.54. The molecule has 0 aliphatic rings. The lowest BCUT2D eigenvalue weighted by Gasteiger charge is -1.92. The van der Waals surface area contributed by atoms with Crippen molar-refractivity contribution in [2.45, 2.75) is 0 Å². The highest BCUT2D eigenvalue weighted by molar-refractivity contribution is 5.70. The summed E-state index contributed by atoms with van der Waals surface area (Å²) < 4.78 is 0.431. The largest absolute Gasteiger partial charge is 0.481 e. The molecule has 0 atom stereocenters. The summed E-state index contributed by atoms with van der Waals surface area (Å²) in [6, 6.07) is 0. The summed E-state index contributed by atoms with van der Waals surface area (Å²) in [5.74, 6) is -0.697. The molecule has 0 unspecified atom stereocenters. The second kappa shape index (κ2) is 2.37. The zero-order chi connectivity index (χ0) is 8.43. The Kier molecular flexibility index (Phi) is 1.55. The zero-order valence-electron chi connectivity index (χ0n) is 5.17. The van der Waals surface area contributed by atoms with E-state index in [1.165, 1.54) is 0 Å². The fourth-order valence-electron chi connectivity index (χ4n) is 0.580. The molecule has 7 nitrogen and oxygen atoms in total. The quantitative estimate of drug-likeness (QED) is 0.467. The van der Waals surface area contributed by atoms with Gasteiger partial charge in [-0.3, -0.25) is 0 Å². The zero-order valence-corrected chi connectivity index (χ0v) is 5.17. The molecule has 11 heavy (non-hydrogen) atoms. The monoisotopic (exact) mass is 157 g/mol. The van der Waals surface area contributed by atoms with Crippen LogP contribution >= 0.6 is 0 Å². The van der Waals surface area contributed by atoms with Gasteiger partial charge in [0, 0.05) is 0 Å². The van der Waals surface area contributed by atoms with Crippen molar-refractivity contribution in [3.63, 3.8) is 0 Å². The van der Waals surface area contributed by atoms with Gasteiger partial charge in [-0.1, -0.05) is 4.98 Å². The fraction of sp³-hybridized carbons (Fsp3) is 0. The average molecular weight is 157 g/mol. The van der Waals surface area contributed by atoms with Crippen molar-refractivity contribution >= 4 is 12.0 Å². The van der Waals surface area contributed by atoms with Gasteiger partial charge in [0.2, 0.25) is 0 Å². The SMILES string of the molecule is O=C(O)n1ccnc1[N+](=O)[O-]. The van der Waals surface area contributed by atoms with Crippen LogP contribution in [0.4, 0.5) is 10.7 Å². The first-order chi connectivity index (χ1) is 5.13. The normalized spacial score (nSPS) is 9.45. The molecule has 0 aliphatic carbocycles. The highest BCUT2D eigenvalue weighted by Crippen LogP contribution is 2.05. The molecule has 0 aromatic carbocycles. The van der Waals surface area contributed by atoms with Crippen LogP contribution in [0.25, 0.3) is 0 Å². The Balaban J connectivity index is 3.16. The number of carboxylic acid groups (broad SMARTS) is 1. The van der Waals surface area contributed by atoms with E-state index >= 15 is 0 Å². The third kappa shape index (κ3) is 1.16. The first kappa shape index (κ1) is 7.19. The molecule has 0 aliphatic heterocycles.